The second kappa shape index (κ2) is 10.3. The summed E-state index contributed by atoms with van der Waals surface area (Å²) in [5, 5.41) is 40.8. The first-order valence-corrected chi connectivity index (χ1v) is 11.5. The van der Waals surface area contributed by atoms with Gasteiger partial charge in [0.1, 0.15) is 30.2 Å². The lowest BCUT2D eigenvalue weighted by Crippen LogP contribution is -2.60. The summed E-state index contributed by atoms with van der Waals surface area (Å²) in [5.41, 5.74) is 2.10. The van der Waals surface area contributed by atoms with Crippen molar-refractivity contribution in [2.75, 3.05) is 6.61 Å². The van der Waals surface area contributed by atoms with E-state index in [1.54, 1.807) is 38.2 Å². The molecule has 5 atom stereocenters. The maximum absolute atomic E-state index is 12.9. The third kappa shape index (κ3) is 5.00. The van der Waals surface area contributed by atoms with Crippen LogP contribution in [0, 0.1) is 6.92 Å². The molecule has 0 aliphatic carbocycles. The standard InChI is InChI=1S/C26H29NO8/c1-3-18(29)12-27-9-8-15-4-5-17(11-19(15)25(27)33)16-6-7-20(14(2)10-16)34-26-24(32)23(31)22(30)21(13-28)35-26/h4-11,21-24,26,28,30-32H,3,12-13H2,1-2H3. The van der Waals surface area contributed by atoms with Crippen molar-refractivity contribution < 1.29 is 34.7 Å². The van der Waals surface area contributed by atoms with E-state index in [1.165, 1.54) is 4.57 Å². The molecule has 9 nitrogen and oxygen atoms in total. The first-order valence-electron chi connectivity index (χ1n) is 11.5. The number of nitrogens with zero attached hydrogens (tertiary/aromatic N) is 1. The third-order valence-electron chi connectivity index (χ3n) is 6.32. The molecule has 1 aliphatic rings. The third-order valence-corrected chi connectivity index (χ3v) is 6.32. The highest BCUT2D eigenvalue weighted by molar-refractivity contribution is 5.87. The van der Waals surface area contributed by atoms with E-state index in [1.807, 2.05) is 24.3 Å². The number of ether oxygens (including phenoxy) is 2. The number of aromatic nitrogens is 1. The number of hydrogen-bond donors (Lipinski definition) is 4. The lowest BCUT2D eigenvalue weighted by atomic mass is 9.99. The average molecular weight is 484 g/mol. The Balaban J connectivity index is 1.60. The van der Waals surface area contributed by atoms with Gasteiger partial charge in [-0.15, -0.1) is 0 Å². The summed E-state index contributed by atoms with van der Waals surface area (Å²) >= 11 is 0. The van der Waals surface area contributed by atoms with Gasteiger partial charge in [0, 0.05) is 18.0 Å². The fourth-order valence-corrected chi connectivity index (χ4v) is 4.14. The lowest BCUT2D eigenvalue weighted by molar-refractivity contribution is -0.277. The molecule has 1 saturated heterocycles. The van der Waals surface area contributed by atoms with Crippen LogP contribution in [-0.4, -0.2) is 68.1 Å². The maximum atomic E-state index is 12.9. The normalized spacial score (nSPS) is 24.5. The van der Waals surface area contributed by atoms with Crippen LogP contribution in [0.25, 0.3) is 21.9 Å². The molecule has 1 aromatic heterocycles. The van der Waals surface area contributed by atoms with Crippen molar-refractivity contribution in [1.82, 2.24) is 4.57 Å². The number of carbonyl (C=O) groups excluding carboxylic acids is 1. The van der Waals surface area contributed by atoms with Crippen molar-refractivity contribution in [3.63, 3.8) is 0 Å². The van der Waals surface area contributed by atoms with Gasteiger partial charge in [-0.1, -0.05) is 25.1 Å². The van der Waals surface area contributed by atoms with E-state index in [4.69, 9.17) is 9.47 Å². The summed E-state index contributed by atoms with van der Waals surface area (Å²) in [6.45, 7) is 3.06. The minimum Gasteiger partial charge on any atom is -0.462 e. The van der Waals surface area contributed by atoms with Crippen molar-refractivity contribution in [2.24, 2.45) is 0 Å². The highest BCUT2D eigenvalue weighted by atomic mass is 16.7. The van der Waals surface area contributed by atoms with Crippen molar-refractivity contribution in [1.29, 1.82) is 0 Å². The van der Waals surface area contributed by atoms with E-state index < -0.39 is 37.3 Å². The van der Waals surface area contributed by atoms with Crippen LogP contribution >= 0.6 is 0 Å². The summed E-state index contributed by atoms with van der Waals surface area (Å²) in [6, 6.07) is 12.7. The van der Waals surface area contributed by atoms with E-state index in [9.17, 15) is 30.0 Å². The number of hydrogen-bond acceptors (Lipinski definition) is 8. The number of benzene rings is 2. The van der Waals surface area contributed by atoms with Crippen LogP contribution in [0.1, 0.15) is 18.9 Å². The number of aliphatic hydroxyl groups excluding tert-OH is 4. The number of Topliss-reactive ketones (excluding diaryl/α,β-unsaturated/α-hetero) is 1. The fourth-order valence-electron chi connectivity index (χ4n) is 4.14. The van der Waals surface area contributed by atoms with Crippen LogP contribution in [0.15, 0.2) is 53.5 Å². The maximum Gasteiger partial charge on any atom is 0.258 e. The second-order valence-corrected chi connectivity index (χ2v) is 8.74. The van der Waals surface area contributed by atoms with Gasteiger partial charge in [0.25, 0.3) is 5.56 Å². The van der Waals surface area contributed by atoms with Gasteiger partial charge in [0.2, 0.25) is 6.29 Å². The Bertz CT molecular complexity index is 1280. The molecule has 0 bridgehead atoms. The number of rotatable bonds is 7. The van der Waals surface area contributed by atoms with Crippen molar-refractivity contribution >= 4 is 16.6 Å². The van der Waals surface area contributed by atoms with Crippen molar-refractivity contribution in [3.05, 3.63) is 64.6 Å². The number of fused-ring (bicyclic) bond motifs is 1. The topological polar surface area (TPSA) is 138 Å². The van der Waals surface area contributed by atoms with Crippen LogP contribution in [0.5, 0.6) is 5.75 Å². The first-order chi connectivity index (χ1) is 16.7. The molecule has 4 N–H and O–H groups in total. The molecule has 35 heavy (non-hydrogen) atoms. The Labute approximate surface area is 201 Å². The molecule has 9 heteroatoms. The molecule has 186 valence electrons. The smallest absolute Gasteiger partial charge is 0.258 e. The second-order valence-electron chi connectivity index (χ2n) is 8.74. The van der Waals surface area contributed by atoms with Gasteiger partial charge in [-0.3, -0.25) is 9.59 Å². The molecule has 1 aliphatic heterocycles. The largest absolute Gasteiger partial charge is 0.462 e. The predicted octanol–water partition coefficient (Wildman–Crippen LogP) is 1.13. The molecular formula is C26H29NO8. The quantitative estimate of drug-likeness (QED) is 0.392. The van der Waals surface area contributed by atoms with Crippen LogP contribution in [0.3, 0.4) is 0 Å². The molecule has 5 unspecified atom stereocenters. The Morgan fingerprint density at radius 2 is 1.74 bits per heavy atom. The fraction of sp³-hybridized carbons (Fsp3) is 0.385. The Morgan fingerprint density at radius 1 is 1.03 bits per heavy atom. The number of aliphatic hydroxyl groups is 4. The van der Waals surface area contributed by atoms with Crippen LogP contribution in [-0.2, 0) is 16.1 Å². The van der Waals surface area contributed by atoms with Gasteiger partial charge in [0.05, 0.1) is 13.2 Å². The monoisotopic (exact) mass is 483 g/mol. The van der Waals surface area contributed by atoms with Gasteiger partial charge in [-0.2, -0.15) is 0 Å². The van der Waals surface area contributed by atoms with Gasteiger partial charge in [0.15, 0.2) is 5.78 Å². The van der Waals surface area contributed by atoms with Crippen LogP contribution < -0.4 is 10.3 Å². The lowest BCUT2D eigenvalue weighted by Gasteiger charge is -2.39. The highest BCUT2D eigenvalue weighted by Gasteiger charge is 2.44. The minimum atomic E-state index is -1.53. The zero-order valence-electron chi connectivity index (χ0n) is 19.5. The molecular weight excluding hydrogens is 454 g/mol. The molecule has 2 aromatic carbocycles. The number of pyridine rings is 1. The zero-order valence-corrected chi connectivity index (χ0v) is 19.5. The molecule has 0 spiro atoms. The molecule has 4 rings (SSSR count). The van der Waals surface area contributed by atoms with Gasteiger partial charge < -0.3 is 34.5 Å². The summed E-state index contributed by atoms with van der Waals surface area (Å²) in [7, 11) is 0. The van der Waals surface area contributed by atoms with Gasteiger partial charge >= 0.3 is 0 Å². The Hall–Kier alpha value is -3.08. The van der Waals surface area contributed by atoms with E-state index in [2.05, 4.69) is 0 Å². The van der Waals surface area contributed by atoms with E-state index in [0.717, 1.165) is 16.5 Å². The summed E-state index contributed by atoms with van der Waals surface area (Å²) in [6.07, 6.45) is -4.84. The average Bonchev–Trinajstić information content (AvgIpc) is 2.86. The van der Waals surface area contributed by atoms with E-state index in [-0.39, 0.29) is 17.9 Å². The molecule has 0 amide bonds. The first kappa shape index (κ1) is 25.0. The van der Waals surface area contributed by atoms with Gasteiger partial charge in [-0.05, 0) is 53.3 Å². The Morgan fingerprint density at radius 3 is 2.43 bits per heavy atom. The zero-order chi connectivity index (χ0) is 25.3. The predicted molar refractivity (Wildman–Crippen MR) is 128 cm³/mol. The van der Waals surface area contributed by atoms with E-state index >= 15 is 0 Å². The van der Waals surface area contributed by atoms with Crippen LogP contribution in [0.2, 0.25) is 0 Å². The molecule has 2 heterocycles. The van der Waals surface area contributed by atoms with Crippen LogP contribution in [0.4, 0.5) is 0 Å². The number of aryl methyl sites for hydroxylation is 1. The van der Waals surface area contributed by atoms with Gasteiger partial charge in [-0.25, -0.2) is 0 Å². The van der Waals surface area contributed by atoms with E-state index in [0.29, 0.717) is 23.1 Å². The molecule has 0 saturated carbocycles. The molecule has 0 radical (unpaired) electrons. The molecule has 3 aromatic rings. The SMILES string of the molecule is CCC(=O)Cn1ccc2ccc(-c3ccc(OC4OC(CO)C(O)C(O)C4O)c(C)c3)cc2c1=O. The molecule has 1 fully saturated rings. The summed E-state index contributed by atoms with van der Waals surface area (Å²) < 4.78 is 12.6. The Kier molecular flexibility index (Phi) is 7.34. The number of carbonyl (C=O) groups is 1. The summed E-state index contributed by atoms with van der Waals surface area (Å²) in [5.74, 6) is 0.368. The van der Waals surface area contributed by atoms with Crippen molar-refractivity contribution in [3.8, 4) is 16.9 Å². The minimum absolute atomic E-state index is 0.0202. The summed E-state index contributed by atoms with van der Waals surface area (Å²) in [4.78, 5) is 24.8. The highest BCUT2D eigenvalue weighted by Crippen LogP contribution is 2.30. The van der Waals surface area contributed by atoms with Crippen molar-refractivity contribution in [2.45, 2.75) is 57.5 Å². The number of ketones is 1.